The highest BCUT2D eigenvalue weighted by atomic mass is 19.1. The van der Waals surface area contributed by atoms with E-state index in [9.17, 15) is 9.50 Å². The molecule has 2 nitrogen and oxygen atoms in total. The van der Waals surface area contributed by atoms with Crippen LogP contribution in [0, 0.1) is 5.82 Å². The Hall–Kier alpha value is -0.930. The molecule has 0 spiro atoms. The van der Waals surface area contributed by atoms with Gasteiger partial charge in [-0.05, 0) is 19.9 Å². The quantitative estimate of drug-likeness (QED) is 0.807. The highest BCUT2D eigenvalue weighted by molar-refractivity contribution is 5.21. The van der Waals surface area contributed by atoms with Crippen LogP contribution in [0.15, 0.2) is 24.3 Å². The zero-order chi connectivity index (χ0) is 10.8. The van der Waals surface area contributed by atoms with Crippen molar-refractivity contribution in [2.24, 2.45) is 0 Å². The molecule has 0 amide bonds. The van der Waals surface area contributed by atoms with E-state index in [1.165, 1.54) is 13.2 Å². The Morgan fingerprint density at radius 1 is 1.36 bits per heavy atom. The Labute approximate surface area is 83.3 Å². The number of methoxy groups -OCH3 is 1. The van der Waals surface area contributed by atoms with Crippen LogP contribution in [0.25, 0.3) is 0 Å². The van der Waals surface area contributed by atoms with Gasteiger partial charge in [0.25, 0.3) is 0 Å². The van der Waals surface area contributed by atoms with E-state index in [-0.39, 0.29) is 5.56 Å². The fourth-order valence-corrected chi connectivity index (χ4v) is 1.18. The average Bonchev–Trinajstić information content (AvgIpc) is 2.17. The highest BCUT2D eigenvalue weighted by Gasteiger charge is 2.30. The molecule has 0 bridgehead atoms. The molecule has 0 aliphatic rings. The van der Waals surface area contributed by atoms with E-state index in [1.54, 1.807) is 32.0 Å². The normalized spacial score (nSPS) is 14.1. The number of rotatable bonds is 3. The SMILES string of the molecule is COC(C)(C)C(O)c1ccccc1F. The van der Waals surface area contributed by atoms with Crippen molar-refractivity contribution >= 4 is 0 Å². The van der Waals surface area contributed by atoms with Crippen molar-refractivity contribution in [1.29, 1.82) is 0 Å². The minimum atomic E-state index is -0.964. The molecule has 0 fully saturated rings. The monoisotopic (exact) mass is 198 g/mol. The molecule has 0 aliphatic heterocycles. The molecule has 0 saturated carbocycles. The molecule has 14 heavy (non-hydrogen) atoms. The topological polar surface area (TPSA) is 29.5 Å². The summed E-state index contributed by atoms with van der Waals surface area (Å²) in [5, 5.41) is 9.86. The second kappa shape index (κ2) is 4.07. The Kier molecular flexibility index (Phi) is 3.24. The fraction of sp³-hybridized carbons (Fsp3) is 0.455. The van der Waals surface area contributed by atoms with E-state index >= 15 is 0 Å². The smallest absolute Gasteiger partial charge is 0.129 e. The maximum absolute atomic E-state index is 13.3. The lowest BCUT2D eigenvalue weighted by Crippen LogP contribution is -2.31. The van der Waals surface area contributed by atoms with Crippen molar-refractivity contribution in [1.82, 2.24) is 0 Å². The van der Waals surface area contributed by atoms with Gasteiger partial charge in [0.2, 0.25) is 0 Å². The summed E-state index contributed by atoms with van der Waals surface area (Å²) in [6.45, 7) is 3.42. The molecule has 0 heterocycles. The standard InChI is InChI=1S/C11H15FO2/c1-11(2,14-3)10(13)8-6-4-5-7-9(8)12/h4-7,10,13H,1-3H3. The number of aliphatic hydroxyl groups excluding tert-OH is 1. The molecule has 1 rings (SSSR count). The number of ether oxygens (including phenoxy) is 1. The van der Waals surface area contributed by atoms with Gasteiger partial charge in [0.15, 0.2) is 0 Å². The van der Waals surface area contributed by atoms with Gasteiger partial charge in [0, 0.05) is 12.7 Å². The van der Waals surface area contributed by atoms with Gasteiger partial charge in [-0.3, -0.25) is 0 Å². The summed E-state index contributed by atoms with van der Waals surface area (Å²) < 4.78 is 18.4. The Bertz CT molecular complexity index is 310. The summed E-state index contributed by atoms with van der Waals surface area (Å²) in [7, 11) is 1.49. The molecule has 1 atom stereocenters. The lowest BCUT2D eigenvalue weighted by atomic mass is 9.94. The van der Waals surface area contributed by atoms with Crippen molar-refractivity contribution < 1.29 is 14.2 Å². The van der Waals surface area contributed by atoms with Gasteiger partial charge in [-0.15, -0.1) is 0 Å². The minimum Gasteiger partial charge on any atom is -0.385 e. The first-order chi connectivity index (χ1) is 6.49. The summed E-state index contributed by atoms with van der Waals surface area (Å²) in [4.78, 5) is 0. The molecule has 1 aromatic rings. The lowest BCUT2D eigenvalue weighted by Gasteiger charge is -2.29. The highest BCUT2D eigenvalue weighted by Crippen LogP contribution is 2.29. The van der Waals surface area contributed by atoms with Gasteiger partial charge < -0.3 is 9.84 Å². The molecule has 78 valence electrons. The maximum Gasteiger partial charge on any atom is 0.129 e. The van der Waals surface area contributed by atoms with E-state index < -0.39 is 17.5 Å². The van der Waals surface area contributed by atoms with Gasteiger partial charge >= 0.3 is 0 Å². The zero-order valence-electron chi connectivity index (χ0n) is 8.62. The van der Waals surface area contributed by atoms with Crippen molar-refractivity contribution in [2.45, 2.75) is 25.6 Å². The minimum absolute atomic E-state index is 0.263. The van der Waals surface area contributed by atoms with Crippen molar-refractivity contribution in [3.8, 4) is 0 Å². The lowest BCUT2D eigenvalue weighted by molar-refractivity contribution is -0.0805. The van der Waals surface area contributed by atoms with E-state index in [0.717, 1.165) is 0 Å². The summed E-state index contributed by atoms with van der Waals surface area (Å²) >= 11 is 0. The van der Waals surface area contributed by atoms with E-state index in [2.05, 4.69) is 0 Å². The first-order valence-electron chi connectivity index (χ1n) is 4.46. The number of hydrogen-bond acceptors (Lipinski definition) is 2. The summed E-state index contributed by atoms with van der Waals surface area (Å²) in [5.41, 5.74) is -0.526. The second-order valence-corrected chi connectivity index (χ2v) is 3.73. The first kappa shape index (κ1) is 11.1. The van der Waals surface area contributed by atoms with Crippen LogP contribution in [0.5, 0.6) is 0 Å². The number of halogens is 1. The third kappa shape index (κ3) is 2.11. The molecule has 3 heteroatoms. The van der Waals surface area contributed by atoms with Crippen LogP contribution in [0.2, 0.25) is 0 Å². The first-order valence-corrected chi connectivity index (χ1v) is 4.46. The summed E-state index contributed by atoms with van der Waals surface area (Å²) in [5.74, 6) is -0.412. The predicted molar refractivity (Wildman–Crippen MR) is 52.4 cm³/mol. The number of aliphatic hydroxyl groups is 1. The van der Waals surface area contributed by atoms with Crippen LogP contribution >= 0.6 is 0 Å². The largest absolute Gasteiger partial charge is 0.385 e. The van der Waals surface area contributed by atoms with Gasteiger partial charge in [-0.25, -0.2) is 4.39 Å². The molecule has 0 radical (unpaired) electrons. The molecule has 1 N–H and O–H groups in total. The van der Waals surface area contributed by atoms with E-state index in [0.29, 0.717) is 0 Å². The van der Waals surface area contributed by atoms with Gasteiger partial charge in [-0.1, -0.05) is 18.2 Å². The van der Waals surface area contributed by atoms with E-state index in [4.69, 9.17) is 4.74 Å². The van der Waals surface area contributed by atoms with Crippen molar-refractivity contribution in [3.05, 3.63) is 35.6 Å². The van der Waals surface area contributed by atoms with Gasteiger partial charge in [-0.2, -0.15) is 0 Å². The predicted octanol–water partition coefficient (Wildman–Crippen LogP) is 2.28. The van der Waals surface area contributed by atoms with Crippen LogP contribution < -0.4 is 0 Å². The van der Waals surface area contributed by atoms with Gasteiger partial charge in [0.05, 0.1) is 5.60 Å². The Morgan fingerprint density at radius 2 is 1.93 bits per heavy atom. The van der Waals surface area contributed by atoms with Crippen LogP contribution in [-0.4, -0.2) is 17.8 Å². The molecule has 0 aliphatic carbocycles. The molecule has 1 aromatic carbocycles. The third-order valence-electron chi connectivity index (χ3n) is 2.38. The Balaban J connectivity index is 3.00. The molecular weight excluding hydrogens is 183 g/mol. The zero-order valence-corrected chi connectivity index (χ0v) is 8.62. The Morgan fingerprint density at radius 3 is 2.43 bits per heavy atom. The van der Waals surface area contributed by atoms with Crippen LogP contribution in [0.4, 0.5) is 4.39 Å². The summed E-state index contributed by atoms with van der Waals surface area (Å²) in [6, 6.07) is 6.16. The van der Waals surface area contributed by atoms with Crippen molar-refractivity contribution in [3.63, 3.8) is 0 Å². The molecule has 0 aromatic heterocycles. The fourth-order valence-electron chi connectivity index (χ4n) is 1.18. The van der Waals surface area contributed by atoms with E-state index in [1.807, 2.05) is 0 Å². The molecule has 0 saturated heterocycles. The molecular formula is C11H15FO2. The summed E-state index contributed by atoms with van der Waals surface area (Å²) in [6.07, 6.45) is -0.964. The van der Waals surface area contributed by atoms with Crippen LogP contribution in [0.3, 0.4) is 0 Å². The molecule has 1 unspecified atom stereocenters. The average molecular weight is 198 g/mol. The van der Waals surface area contributed by atoms with Crippen molar-refractivity contribution in [2.75, 3.05) is 7.11 Å². The number of hydrogen-bond donors (Lipinski definition) is 1. The second-order valence-electron chi connectivity index (χ2n) is 3.73. The third-order valence-corrected chi connectivity index (χ3v) is 2.38. The maximum atomic E-state index is 13.3. The van der Waals surface area contributed by atoms with Gasteiger partial charge in [0.1, 0.15) is 11.9 Å². The van der Waals surface area contributed by atoms with Crippen LogP contribution in [0.1, 0.15) is 25.5 Å². The number of benzene rings is 1. The van der Waals surface area contributed by atoms with Crippen LogP contribution in [-0.2, 0) is 4.74 Å².